The SMILES string of the molecule is Cc1nc2ccc(NC(=O)NCC(=O)N(C)C)cc2s1. The van der Waals surface area contributed by atoms with Gasteiger partial charge in [0, 0.05) is 19.8 Å². The molecule has 0 saturated carbocycles. The Morgan fingerprint density at radius 3 is 2.80 bits per heavy atom. The van der Waals surface area contributed by atoms with E-state index < -0.39 is 6.03 Å². The van der Waals surface area contributed by atoms with Crippen LogP contribution in [0.4, 0.5) is 10.5 Å². The maximum Gasteiger partial charge on any atom is 0.319 e. The number of aryl methyl sites for hydroxylation is 1. The van der Waals surface area contributed by atoms with E-state index in [-0.39, 0.29) is 12.5 Å². The normalized spacial score (nSPS) is 10.3. The minimum atomic E-state index is -0.402. The first-order chi connectivity index (χ1) is 9.45. The van der Waals surface area contributed by atoms with Gasteiger partial charge in [0.15, 0.2) is 0 Å². The number of carbonyl (C=O) groups is 2. The Morgan fingerprint density at radius 1 is 1.35 bits per heavy atom. The van der Waals surface area contributed by atoms with Gasteiger partial charge in [0.1, 0.15) is 0 Å². The summed E-state index contributed by atoms with van der Waals surface area (Å²) in [6, 6.07) is 5.11. The number of hydrogen-bond donors (Lipinski definition) is 2. The Balaban J connectivity index is 1.97. The van der Waals surface area contributed by atoms with Gasteiger partial charge >= 0.3 is 6.03 Å². The summed E-state index contributed by atoms with van der Waals surface area (Å²) in [6.45, 7) is 1.91. The third-order valence-corrected chi connectivity index (χ3v) is 3.59. The fraction of sp³-hybridized carbons (Fsp3) is 0.308. The van der Waals surface area contributed by atoms with Crippen molar-refractivity contribution in [3.05, 3.63) is 23.2 Å². The standard InChI is InChI=1S/C13H16N4O2S/c1-8-15-10-5-4-9(6-11(10)20-8)16-13(19)14-7-12(18)17(2)3/h4-6H,7H2,1-3H3,(H2,14,16,19). The molecule has 0 radical (unpaired) electrons. The number of nitrogens with zero attached hydrogens (tertiary/aromatic N) is 2. The van der Waals surface area contributed by atoms with Gasteiger partial charge in [-0.05, 0) is 25.1 Å². The summed E-state index contributed by atoms with van der Waals surface area (Å²) in [5, 5.41) is 6.19. The van der Waals surface area contributed by atoms with Crippen molar-refractivity contribution in [2.75, 3.05) is 26.0 Å². The van der Waals surface area contributed by atoms with Gasteiger partial charge in [-0.15, -0.1) is 11.3 Å². The molecule has 20 heavy (non-hydrogen) atoms. The van der Waals surface area contributed by atoms with Crippen molar-refractivity contribution in [3.63, 3.8) is 0 Å². The lowest BCUT2D eigenvalue weighted by Crippen LogP contribution is -2.38. The van der Waals surface area contributed by atoms with Crippen LogP contribution in [0, 0.1) is 6.92 Å². The van der Waals surface area contributed by atoms with Crippen LogP contribution in [0.25, 0.3) is 10.2 Å². The van der Waals surface area contributed by atoms with E-state index in [1.54, 1.807) is 31.5 Å². The number of carbonyl (C=O) groups excluding carboxylic acids is 2. The predicted octanol–water partition coefficient (Wildman–Crippen LogP) is 1.81. The van der Waals surface area contributed by atoms with E-state index >= 15 is 0 Å². The molecule has 2 aromatic rings. The Hall–Kier alpha value is -2.15. The Kier molecular flexibility index (Phi) is 4.19. The fourth-order valence-corrected chi connectivity index (χ4v) is 2.47. The predicted molar refractivity (Wildman–Crippen MR) is 80.1 cm³/mol. The lowest BCUT2D eigenvalue weighted by molar-refractivity contribution is -0.127. The van der Waals surface area contributed by atoms with Crippen molar-refractivity contribution in [1.29, 1.82) is 0 Å². The molecule has 1 aromatic heterocycles. The summed E-state index contributed by atoms with van der Waals surface area (Å²) in [7, 11) is 3.28. The minimum Gasteiger partial charge on any atom is -0.347 e. The van der Waals surface area contributed by atoms with E-state index in [2.05, 4.69) is 15.6 Å². The van der Waals surface area contributed by atoms with Crippen molar-refractivity contribution in [2.24, 2.45) is 0 Å². The van der Waals surface area contributed by atoms with Crippen LogP contribution in [0.1, 0.15) is 5.01 Å². The van der Waals surface area contributed by atoms with Gasteiger partial charge in [-0.3, -0.25) is 4.79 Å². The second-order valence-electron chi connectivity index (χ2n) is 4.51. The number of fused-ring (bicyclic) bond motifs is 1. The number of rotatable bonds is 3. The topological polar surface area (TPSA) is 74.3 Å². The number of urea groups is 1. The van der Waals surface area contributed by atoms with Crippen LogP contribution >= 0.6 is 11.3 Å². The van der Waals surface area contributed by atoms with E-state index in [1.807, 2.05) is 19.1 Å². The molecule has 1 aromatic carbocycles. The van der Waals surface area contributed by atoms with Crippen molar-refractivity contribution < 1.29 is 9.59 Å². The molecule has 0 fully saturated rings. The number of thiazole rings is 1. The molecule has 106 valence electrons. The number of likely N-dealkylation sites (N-methyl/N-ethyl adjacent to an activating group) is 1. The average molecular weight is 292 g/mol. The highest BCUT2D eigenvalue weighted by Crippen LogP contribution is 2.24. The number of anilines is 1. The van der Waals surface area contributed by atoms with Crippen LogP contribution in [0.5, 0.6) is 0 Å². The Labute approximate surface area is 120 Å². The van der Waals surface area contributed by atoms with Crippen LogP contribution in [0.3, 0.4) is 0 Å². The first-order valence-corrected chi connectivity index (χ1v) is 6.89. The van der Waals surface area contributed by atoms with Crippen molar-refractivity contribution in [3.8, 4) is 0 Å². The summed E-state index contributed by atoms with van der Waals surface area (Å²) in [5.41, 5.74) is 1.59. The Bertz CT molecular complexity index is 651. The summed E-state index contributed by atoms with van der Waals surface area (Å²) in [6.07, 6.45) is 0. The molecule has 2 N–H and O–H groups in total. The first kappa shape index (κ1) is 14.3. The van der Waals surface area contributed by atoms with Crippen LogP contribution in [-0.4, -0.2) is 42.5 Å². The summed E-state index contributed by atoms with van der Waals surface area (Å²) >= 11 is 1.57. The zero-order valence-electron chi connectivity index (χ0n) is 11.6. The third-order valence-electron chi connectivity index (χ3n) is 2.65. The van der Waals surface area contributed by atoms with Crippen LogP contribution in [0.15, 0.2) is 18.2 Å². The lowest BCUT2D eigenvalue weighted by atomic mass is 10.3. The summed E-state index contributed by atoms with van der Waals surface area (Å²) in [4.78, 5) is 28.8. The van der Waals surface area contributed by atoms with Gasteiger partial charge in [-0.25, -0.2) is 9.78 Å². The number of nitrogens with one attached hydrogen (secondary N) is 2. The highest BCUT2D eigenvalue weighted by molar-refractivity contribution is 7.18. The number of benzene rings is 1. The molecule has 0 bridgehead atoms. The van der Waals surface area contributed by atoms with E-state index in [0.29, 0.717) is 5.69 Å². The molecule has 0 unspecified atom stereocenters. The fourth-order valence-electron chi connectivity index (χ4n) is 1.61. The van der Waals surface area contributed by atoms with Crippen LogP contribution in [0.2, 0.25) is 0 Å². The molecule has 0 aliphatic carbocycles. The van der Waals surface area contributed by atoms with Crippen molar-refractivity contribution in [1.82, 2.24) is 15.2 Å². The average Bonchev–Trinajstić information content (AvgIpc) is 2.75. The van der Waals surface area contributed by atoms with Crippen LogP contribution in [-0.2, 0) is 4.79 Å². The molecule has 3 amide bonds. The minimum absolute atomic E-state index is 0.0270. The van der Waals surface area contributed by atoms with Crippen molar-refractivity contribution in [2.45, 2.75) is 6.92 Å². The highest BCUT2D eigenvalue weighted by Gasteiger charge is 2.08. The summed E-state index contributed by atoms with van der Waals surface area (Å²) in [5.74, 6) is -0.159. The van der Waals surface area contributed by atoms with Gasteiger partial charge in [-0.2, -0.15) is 0 Å². The van der Waals surface area contributed by atoms with E-state index in [1.165, 1.54) is 4.90 Å². The zero-order chi connectivity index (χ0) is 14.7. The quantitative estimate of drug-likeness (QED) is 0.906. The molecule has 0 spiro atoms. The van der Waals surface area contributed by atoms with Gasteiger partial charge in [0.2, 0.25) is 5.91 Å². The maximum absolute atomic E-state index is 11.7. The number of hydrogen-bond acceptors (Lipinski definition) is 4. The second kappa shape index (κ2) is 5.87. The molecular formula is C13H16N4O2S. The van der Waals surface area contributed by atoms with Crippen molar-refractivity contribution >= 4 is 39.2 Å². The molecule has 1 heterocycles. The maximum atomic E-state index is 11.7. The monoisotopic (exact) mass is 292 g/mol. The van der Waals surface area contributed by atoms with E-state index in [9.17, 15) is 9.59 Å². The smallest absolute Gasteiger partial charge is 0.319 e. The highest BCUT2D eigenvalue weighted by atomic mass is 32.1. The number of aromatic nitrogens is 1. The molecule has 0 saturated heterocycles. The van der Waals surface area contributed by atoms with Gasteiger partial charge < -0.3 is 15.5 Å². The lowest BCUT2D eigenvalue weighted by Gasteiger charge is -2.11. The van der Waals surface area contributed by atoms with Gasteiger partial charge in [0.05, 0.1) is 21.8 Å². The van der Waals surface area contributed by atoms with Gasteiger partial charge in [0.25, 0.3) is 0 Å². The van der Waals surface area contributed by atoms with E-state index in [4.69, 9.17) is 0 Å². The molecule has 6 nitrogen and oxygen atoms in total. The Morgan fingerprint density at radius 2 is 2.10 bits per heavy atom. The number of amides is 3. The second-order valence-corrected chi connectivity index (χ2v) is 5.75. The summed E-state index contributed by atoms with van der Waals surface area (Å²) < 4.78 is 1.02. The van der Waals surface area contributed by atoms with E-state index in [0.717, 1.165) is 15.2 Å². The zero-order valence-corrected chi connectivity index (χ0v) is 12.4. The van der Waals surface area contributed by atoms with Crippen LogP contribution < -0.4 is 10.6 Å². The van der Waals surface area contributed by atoms with Gasteiger partial charge in [-0.1, -0.05) is 0 Å². The molecular weight excluding hydrogens is 276 g/mol. The largest absolute Gasteiger partial charge is 0.347 e. The molecule has 7 heteroatoms. The third kappa shape index (κ3) is 3.45. The molecule has 0 aliphatic rings. The first-order valence-electron chi connectivity index (χ1n) is 6.08. The molecule has 0 aliphatic heterocycles. The molecule has 0 atom stereocenters. The molecule has 2 rings (SSSR count).